The van der Waals surface area contributed by atoms with E-state index in [0.717, 1.165) is 20.6 Å². The molecule has 0 atom stereocenters. The lowest BCUT2D eigenvalue weighted by molar-refractivity contribution is 0.399. The Kier molecular flexibility index (Phi) is 34.7. The Morgan fingerprint density at radius 3 is 1.00 bits per heavy atom. The van der Waals surface area contributed by atoms with E-state index in [2.05, 4.69) is 75.9 Å². The van der Waals surface area contributed by atoms with Gasteiger partial charge in [0.2, 0.25) is 0 Å². The summed E-state index contributed by atoms with van der Waals surface area (Å²) in [5.74, 6) is 0. The molecule has 0 radical (unpaired) electrons. The summed E-state index contributed by atoms with van der Waals surface area (Å²) < 4.78 is 0. The minimum Gasteiger partial charge on any atom is -0.412 e. The first kappa shape index (κ1) is 39.7. The molecule has 0 saturated heterocycles. The third-order valence-electron chi connectivity index (χ3n) is 4.17. The van der Waals surface area contributed by atoms with Crippen molar-refractivity contribution >= 4 is 6.08 Å². The number of rotatable bonds is 2. The summed E-state index contributed by atoms with van der Waals surface area (Å²) in [6, 6.07) is 41.0. The predicted octanol–water partition coefficient (Wildman–Crippen LogP) is 6.38. The fraction of sp³-hybridized carbons (Fsp3) is 0.188. The van der Waals surface area contributed by atoms with Gasteiger partial charge < -0.3 is 21.2 Å². The average molecular weight is 497 g/mol. The molecule has 200 valence electrons. The molecule has 4 aromatic rings. The minimum atomic E-state index is 0. The summed E-state index contributed by atoms with van der Waals surface area (Å²) in [6.07, 6.45) is 2.97. The van der Waals surface area contributed by atoms with Gasteiger partial charge in [-0.3, -0.25) is 0 Å². The van der Waals surface area contributed by atoms with Gasteiger partial charge in [0.15, 0.2) is 0 Å². The first-order valence-electron chi connectivity index (χ1n) is 11.3. The highest BCUT2D eigenvalue weighted by atomic mass is 16.2. The van der Waals surface area contributed by atoms with Crippen LogP contribution in [0, 0.1) is 13.8 Å². The number of hydrogen-bond donors (Lipinski definition) is 2. The Balaban J connectivity index is -0.000000115. The third-order valence-corrected chi connectivity index (χ3v) is 4.17. The third kappa shape index (κ3) is 25.1. The van der Waals surface area contributed by atoms with Crippen LogP contribution in [0.1, 0.15) is 30.6 Å². The molecule has 36 heavy (non-hydrogen) atoms. The molecule has 0 aliphatic rings. The molecule has 0 aliphatic heterocycles. The maximum atomic E-state index is 7.00. The topological polar surface area (TPSA) is 103 Å². The maximum absolute atomic E-state index is 7.00. The fourth-order valence-electron chi connectivity index (χ4n) is 2.37. The van der Waals surface area contributed by atoms with Crippen LogP contribution in [0.2, 0.25) is 0 Å². The van der Waals surface area contributed by atoms with Gasteiger partial charge in [-0.2, -0.15) is 0 Å². The van der Waals surface area contributed by atoms with Crippen molar-refractivity contribution < 1.29 is 22.6 Å². The lowest BCUT2D eigenvalue weighted by atomic mass is 10.2. The summed E-state index contributed by atoms with van der Waals surface area (Å²) in [6.45, 7) is 9.96. The lowest BCUT2D eigenvalue weighted by Gasteiger charge is -1.89. The smallest absolute Gasteiger partial charge is 0.0319 e. The van der Waals surface area contributed by atoms with Gasteiger partial charge in [0.25, 0.3) is 0 Å². The molecule has 0 amide bonds. The monoisotopic (exact) mass is 496 g/mol. The van der Waals surface area contributed by atoms with E-state index in [1.807, 2.05) is 78.9 Å². The SMILES string of the molecule is C=Cc1ccccc1.CCc1ccccc1.CO.CO.Cc1ccccc1.Cc1ccccc1.O.O.[HH]. The van der Waals surface area contributed by atoms with Crippen LogP contribution in [0.15, 0.2) is 128 Å². The summed E-state index contributed by atoms with van der Waals surface area (Å²) in [5, 5.41) is 14.0. The van der Waals surface area contributed by atoms with Gasteiger partial charge in [0.1, 0.15) is 0 Å². The molecule has 0 unspecified atom stereocenters. The zero-order valence-electron chi connectivity index (χ0n) is 22.4. The molecule has 0 aromatic heterocycles. The Hall–Kier alpha value is -3.54. The Bertz CT molecular complexity index is 867. The van der Waals surface area contributed by atoms with E-state index >= 15 is 0 Å². The molecular formula is C32H48O4. The summed E-state index contributed by atoms with van der Waals surface area (Å²) >= 11 is 0. The van der Waals surface area contributed by atoms with E-state index in [4.69, 9.17) is 10.2 Å². The number of aliphatic hydroxyl groups is 2. The summed E-state index contributed by atoms with van der Waals surface area (Å²) in [4.78, 5) is 0. The number of benzene rings is 4. The van der Waals surface area contributed by atoms with Crippen molar-refractivity contribution in [2.24, 2.45) is 0 Å². The Morgan fingerprint density at radius 1 is 0.556 bits per heavy atom. The molecule has 6 N–H and O–H groups in total. The number of hydrogen-bond acceptors (Lipinski definition) is 2. The van der Waals surface area contributed by atoms with E-state index in [-0.39, 0.29) is 12.4 Å². The van der Waals surface area contributed by atoms with E-state index in [1.165, 1.54) is 22.3 Å². The van der Waals surface area contributed by atoms with Gasteiger partial charge in [-0.1, -0.05) is 152 Å². The van der Waals surface area contributed by atoms with Crippen LogP contribution in [0.5, 0.6) is 0 Å². The molecule has 0 bridgehead atoms. The van der Waals surface area contributed by atoms with Crippen molar-refractivity contribution in [3.05, 3.63) is 150 Å². The van der Waals surface area contributed by atoms with Crippen LogP contribution in [-0.4, -0.2) is 35.4 Å². The number of aliphatic hydroxyl groups excluding tert-OH is 2. The molecule has 0 saturated carbocycles. The molecule has 0 heterocycles. The van der Waals surface area contributed by atoms with Crippen molar-refractivity contribution in [3.63, 3.8) is 0 Å². The maximum Gasteiger partial charge on any atom is 0.0319 e. The molecular weight excluding hydrogens is 448 g/mol. The normalized spacial score (nSPS) is 7.64. The first-order valence-corrected chi connectivity index (χ1v) is 11.3. The largest absolute Gasteiger partial charge is 0.412 e. The zero-order chi connectivity index (χ0) is 25.9. The predicted molar refractivity (Wildman–Crippen MR) is 160 cm³/mol. The van der Waals surface area contributed by atoms with E-state index in [9.17, 15) is 0 Å². The first-order chi connectivity index (χ1) is 16.7. The molecule has 0 fully saturated rings. The van der Waals surface area contributed by atoms with Crippen molar-refractivity contribution in [3.8, 4) is 0 Å². The summed E-state index contributed by atoms with van der Waals surface area (Å²) in [5.41, 5.74) is 5.23. The standard InChI is InChI=1S/C8H10.C8H8.2C7H8.2CH4O.2H2O.H2/c2*1-2-8-6-4-3-5-7-8;2*1-7-5-3-2-4-6-7;2*1-2;;;/h3-7H,2H2,1H3;2-7H,1H2;2*2-6H,1H3;2*2H,1H3;2*1H2;1H. The van der Waals surface area contributed by atoms with Crippen molar-refractivity contribution in [1.29, 1.82) is 0 Å². The quantitative estimate of drug-likeness (QED) is 0.336. The van der Waals surface area contributed by atoms with Crippen molar-refractivity contribution in [2.75, 3.05) is 14.2 Å². The van der Waals surface area contributed by atoms with Crippen LogP contribution in [0.3, 0.4) is 0 Å². The second-order valence-corrected chi connectivity index (χ2v) is 6.76. The van der Waals surface area contributed by atoms with Crippen molar-refractivity contribution in [1.82, 2.24) is 0 Å². The van der Waals surface area contributed by atoms with Gasteiger partial charge in [0.05, 0.1) is 0 Å². The Labute approximate surface area is 220 Å². The van der Waals surface area contributed by atoms with Gasteiger partial charge >= 0.3 is 0 Å². The van der Waals surface area contributed by atoms with Gasteiger partial charge in [-0.25, -0.2) is 0 Å². The number of aryl methyl sites for hydroxylation is 3. The summed E-state index contributed by atoms with van der Waals surface area (Å²) in [7, 11) is 2.00. The van der Waals surface area contributed by atoms with Crippen LogP contribution >= 0.6 is 0 Å². The zero-order valence-corrected chi connectivity index (χ0v) is 22.4. The second-order valence-electron chi connectivity index (χ2n) is 6.76. The van der Waals surface area contributed by atoms with E-state index < -0.39 is 0 Å². The molecule has 4 rings (SSSR count). The average Bonchev–Trinajstić information content (AvgIpc) is 2.94. The highest BCUT2D eigenvalue weighted by Crippen LogP contribution is 1.98. The highest BCUT2D eigenvalue weighted by molar-refractivity contribution is 5.45. The van der Waals surface area contributed by atoms with Crippen molar-refractivity contribution in [2.45, 2.75) is 27.2 Å². The Morgan fingerprint density at radius 2 is 0.833 bits per heavy atom. The van der Waals surface area contributed by atoms with E-state index in [0.29, 0.717) is 0 Å². The van der Waals surface area contributed by atoms with Gasteiger partial charge in [-0.15, -0.1) is 0 Å². The molecule has 4 nitrogen and oxygen atoms in total. The fourth-order valence-corrected chi connectivity index (χ4v) is 2.37. The molecule has 0 aliphatic carbocycles. The van der Waals surface area contributed by atoms with Crippen LogP contribution < -0.4 is 0 Å². The van der Waals surface area contributed by atoms with Gasteiger partial charge in [-0.05, 0) is 31.4 Å². The van der Waals surface area contributed by atoms with Crippen LogP contribution in [-0.2, 0) is 6.42 Å². The molecule has 4 aromatic carbocycles. The van der Waals surface area contributed by atoms with Crippen LogP contribution in [0.25, 0.3) is 6.08 Å². The van der Waals surface area contributed by atoms with Crippen LogP contribution in [0.4, 0.5) is 0 Å². The molecule has 0 spiro atoms. The molecule has 4 heteroatoms. The second kappa shape index (κ2) is 31.5. The lowest BCUT2D eigenvalue weighted by Crippen LogP contribution is -1.73. The van der Waals surface area contributed by atoms with E-state index in [1.54, 1.807) is 0 Å². The van der Waals surface area contributed by atoms with Gasteiger partial charge in [0, 0.05) is 15.6 Å². The minimum absolute atomic E-state index is 0. The highest BCUT2D eigenvalue weighted by Gasteiger charge is 1.80.